The van der Waals surface area contributed by atoms with Crippen LogP contribution in [-0.2, 0) is 4.79 Å². The molecule has 3 heterocycles. The van der Waals surface area contributed by atoms with E-state index in [1.165, 1.54) is 18.1 Å². The number of ether oxygens (including phenoxy) is 1. The van der Waals surface area contributed by atoms with Crippen LogP contribution in [0, 0.1) is 17.2 Å². The number of nitrogens with zero attached hydrogens (tertiary/aromatic N) is 5. The molecule has 2 aromatic rings. The number of halogens is 3. The van der Waals surface area contributed by atoms with Gasteiger partial charge < -0.3 is 14.5 Å². The number of hydrogen-bond donors (Lipinski definition) is 2. The van der Waals surface area contributed by atoms with E-state index in [2.05, 4.69) is 15.3 Å². The van der Waals surface area contributed by atoms with Crippen LogP contribution in [0.2, 0.25) is 0 Å². The molecule has 38 heavy (non-hydrogen) atoms. The molecule has 2 fully saturated rings. The van der Waals surface area contributed by atoms with Crippen molar-refractivity contribution < 1.29 is 27.5 Å². The number of alkyl halides is 3. The molecular weight excluding hydrogens is 503 g/mol. The summed E-state index contributed by atoms with van der Waals surface area (Å²) in [6.07, 6.45) is -3.14. The summed E-state index contributed by atoms with van der Waals surface area (Å²) in [6.45, 7) is 2.37. The SMILES string of the molecule is CN(CCOc1cccc(C(=O)N2CCN(c3ccc(C#N)cn3)CC2)c1)C1CNNC(=O)C1C(F)(F)F. The topological polar surface area (TPSA) is 114 Å². The van der Waals surface area contributed by atoms with E-state index in [0.717, 1.165) is 5.82 Å². The summed E-state index contributed by atoms with van der Waals surface area (Å²) >= 11 is 0. The molecular formula is C25H28F3N7O3. The van der Waals surface area contributed by atoms with Crippen molar-refractivity contribution in [2.45, 2.75) is 12.2 Å². The molecule has 10 nitrogen and oxygen atoms in total. The molecule has 2 N–H and O–H groups in total. The second kappa shape index (κ2) is 11.7. The molecule has 2 unspecified atom stereocenters. The summed E-state index contributed by atoms with van der Waals surface area (Å²) in [6, 6.07) is 11.1. The van der Waals surface area contributed by atoms with Crippen LogP contribution in [0.25, 0.3) is 0 Å². The Labute approximate surface area is 217 Å². The number of hydrazine groups is 1. The molecule has 2 saturated heterocycles. The van der Waals surface area contributed by atoms with Gasteiger partial charge in [-0.05, 0) is 37.4 Å². The van der Waals surface area contributed by atoms with Crippen LogP contribution in [0.1, 0.15) is 15.9 Å². The normalized spacial score (nSPS) is 20.2. The average molecular weight is 532 g/mol. The van der Waals surface area contributed by atoms with Crippen LogP contribution in [-0.4, -0.2) is 91.7 Å². The Morgan fingerprint density at radius 2 is 2.00 bits per heavy atom. The van der Waals surface area contributed by atoms with Crippen LogP contribution >= 0.6 is 0 Å². The third-order valence-corrected chi connectivity index (χ3v) is 6.67. The summed E-state index contributed by atoms with van der Waals surface area (Å²) in [4.78, 5) is 34.4. The van der Waals surface area contributed by atoms with E-state index in [1.54, 1.807) is 41.3 Å². The summed E-state index contributed by atoms with van der Waals surface area (Å²) in [5, 5.41) is 8.92. The minimum absolute atomic E-state index is 0.0507. The molecule has 2 amide bonds. The molecule has 0 spiro atoms. The van der Waals surface area contributed by atoms with E-state index >= 15 is 0 Å². The van der Waals surface area contributed by atoms with Crippen LogP contribution in [0.15, 0.2) is 42.6 Å². The summed E-state index contributed by atoms with van der Waals surface area (Å²) in [5.74, 6) is -2.21. The van der Waals surface area contributed by atoms with Crippen LogP contribution in [0.5, 0.6) is 5.75 Å². The second-order valence-electron chi connectivity index (χ2n) is 9.11. The van der Waals surface area contributed by atoms with E-state index in [4.69, 9.17) is 10.00 Å². The van der Waals surface area contributed by atoms with E-state index in [0.29, 0.717) is 43.1 Å². The number of benzene rings is 1. The Kier molecular flexibility index (Phi) is 8.33. The molecule has 2 atom stereocenters. The van der Waals surface area contributed by atoms with Gasteiger partial charge in [-0.1, -0.05) is 6.07 Å². The van der Waals surface area contributed by atoms with Crippen molar-refractivity contribution >= 4 is 17.6 Å². The number of anilines is 1. The molecule has 1 aromatic heterocycles. The monoisotopic (exact) mass is 531 g/mol. The van der Waals surface area contributed by atoms with Gasteiger partial charge >= 0.3 is 6.18 Å². The summed E-state index contributed by atoms with van der Waals surface area (Å²) in [7, 11) is 1.51. The van der Waals surface area contributed by atoms with E-state index in [-0.39, 0.29) is 25.6 Å². The molecule has 0 aliphatic carbocycles. The number of pyridine rings is 1. The van der Waals surface area contributed by atoms with Crippen molar-refractivity contribution in [3.8, 4) is 11.8 Å². The third-order valence-electron chi connectivity index (χ3n) is 6.67. The van der Waals surface area contributed by atoms with Crippen LogP contribution < -0.4 is 20.5 Å². The van der Waals surface area contributed by atoms with Crippen molar-refractivity contribution in [2.75, 3.05) is 57.8 Å². The number of nitriles is 1. The van der Waals surface area contributed by atoms with Gasteiger partial charge in [0.15, 0.2) is 5.92 Å². The Morgan fingerprint density at radius 3 is 2.66 bits per heavy atom. The fraction of sp³-hybridized carbons (Fsp3) is 0.440. The maximum atomic E-state index is 13.4. The first kappa shape index (κ1) is 27.2. The van der Waals surface area contributed by atoms with Crippen molar-refractivity contribution in [1.82, 2.24) is 25.6 Å². The number of carbonyl (C=O) groups is 2. The van der Waals surface area contributed by atoms with Crippen LogP contribution in [0.3, 0.4) is 0 Å². The van der Waals surface area contributed by atoms with E-state index in [1.807, 2.05) is 11.5 Å². The average Bonchev–Trinajstić information content (AvgIpc) is 2.92. The first-order valence-electron chi connectivity index (χ1n) is 12.1. The van der Waals surface area contributed by atoms with Crippen molar-refractivity contribution in [3.05, 3.63) is 53.7 Å². The van der Waals surface area contributed by atoms with Gasteiger partial charge in [0.1, 0.15) is 24.2 Å². The lowest BCUT2D eigenvalue weighted by molar-refractivity contribution is -0.199. The van der Waals surface area contributed by atoms with Crippen molar-refractivity contribution in [1.29, 1.82) is 5.26 Å². The maximum absolute atomic E-state index is 13.4. The zero-order chi connectivity index (χ0) is 27.3. The van der Waals surface area contributed by atoms with Gasteiger partial charge in [-0.25, -0.2) is 10.4 Å². The Bertz CT molecular complexity index is 1180. The van der Waals surface area contributed by atoms with Gasteiger partial charge in [-0.3, -0.25) is 19.9 Å². The van der Waals surface area contributed by atoms with Crippen molar-refractivity contribution in [3.63, 3.8) is 0 Å². The van der Waals surface area contributed by atoms with Gasteiger partial charge in [0.2, 0.25) is 5.91 Å². The Hall–Kier alpha value is -3.89. The lowest BCUT2D eigenvalue weighted by Crippen LogP contribution is -2.64. The van der Waals surface area contributed by atoms with Gasteiger partial charge in [0.05, 0.1) is 5.56 Å². The van der Waals surface area contributed by atoms with Gasteiger partial charge in [0.25, 0.3) is 5.91 Å². The number of nitrogens with one attached hydrogen (secondary N) is 2. The smallest absolute Gasteiger partial charge is 0.402 e. The molecule has 202 valence electrons. The molecule has 0 bridgehead atoms. The largest absolute Gasteiger partial charge is 0.492 e. The predicted molar refractivity (Wildman–Crippen MR) is 131 cm³/mol. The molecule has 4 rings (SSSR count). The standard InChI is InChI=1S/C25H28F3N7O3/c1-33(20-16-31-32-23(36)22(20)25(26,27)28)11-12-38-19-4-2-3-18(13-19)24(37)35-9-7-34(8-10-35)21-6-5-17(14-29)15-30-21/h2-6,13,15,20,22,31H,7-12,16H2,1H3,(H,32,36). The zero-order valence-electron chi connectivity index (χ0n) is 20.7. The number of aromatic nitrogens is 1. The third kappa shape index (κ3) is 6.32. The van der Waals surface area contributed by atoms with E-state index < -0.39 is 24.0 Å². The quantitative estimate of drug-likeness (QED) is 0.552. The molecule has 0 saturated carbocycles. The molecule has 1 aromatic carbocycles. The minimum Gasteiger partial charge on any atom is -0.492 e. The lowest BCUT2D eigenvalue weighted by Gasteiger charge is -2.38. The van der Waals surface area contributed by atoms with E-state index in [9.17, 15) is 22.8 Å². The Balaban J connectivity index is 1.29. The molecule has 13 heteroatoms. The first-order chi connectivity index (χ1) is 18.2. The first-order valence-corrected chi connectivity index (χ1v) is 12.1. The zero-order valence-corrected chi connectivity index (χ0v) is 20.7. The minimum atomic E-state index is -4.66. The van der Waals surface area contributed by atoms with Crippen molar-refractivity contribution in [2.24, 2.45) is 5.92 Å². The number of likely N-dealkylation sites (N-methyl/N-ethyl adjacent to an activating group) is 1. The number of piperazine rings is 1. The fourth-order valence-corrected chi connectivity index (χ4v) is 4.54. The molecule has 0 radical (unpaired) electrons. The van der Waals surface area contributed by atoms with Crippen LogP contribution in [0.4, 0.5) is 19.0 Å². The predicted octanol–water partition coefficient (Wildman–Crippen LogP) is 1.41. The lowest BCUT2D eigenvalue weighted by atomic mass is 9.95. The highest BCUT2D eigenvalue weighted by Crippen LogP contribution is 2.32. The molecule has 2 aliphatic rings. The highest BCUT2D eigenvalue weighted by atomic mass is 19.4. The van der Waals surface area contributed by atoms with Gasteiger partial charge in [0, 0.05) is 57.1 Å². The summed E-state index contributed by atoms with van der Waals surface area (Å²) in [5.41, 5.74) is 5.48. The highest BCUT2D eigenvalue weighted by molar-refractivity contribution is 5.94. The number of hydrogen-bond acceptors (Lipinski definition) is 8. The maximum Gasteiger partial charge on any atom is 0.402 e. The number of carbonyl (C=O) groups excluding carboxylic acids is 2. The highest BCUT2D eigenvalue weighted by Gasteiger charge is 2.52. The van der Waals surface area contributed by atoms with Gasteiger partial charge in [-0.2, -0.15) is 18.4 Å². The second-order valence-corrected chi connectivity index (χ2v) is 9.11. The number of rotatable bonds is 7. The summed E-state index contributed by atoms with van der Waals surface area (Å²) < 4.78 is 45.9. The Morgan fingerprint density at radius 1 is 1.24 bits per heavy atom. The molecule has 2 aliphatic heterocycles. The van der Waals surface area contributed by atoms with Gasteiger partial charge in [-0.15, -0.1) is 0 Å². The fourth-order valence-electron chi connectivity index (χ4n) is 4.54. The number of amides is 2.